The molecule has 29 heavy (non-hydrogen) atoms. The Labute approximate surface area is 181 Å². The predicted molar refractivity (Wildman–Crippen MR) is 127 cm³/mol. The summed E-state index contributed by atoms with van der Waals surface area (Å²) in [7, 11) is 0. The molecule has 1 amide bonds. The lowest BCUT2D eigenvalue weighted by molar-refractivity contribution is -0.121. The molecular formula is C27H47NO. The lowest BCUT2D eigenvalue weighted by Crippen LogP contribution is -2.22. The Bertz CT molecular complexity index is 483. The minimum absolute atomic E-state index is 0.189. The van der Waals surface area contributed by atoms with Gasteiger partial charge in [0.05, 0.1) is 0 Å². The fourth-order valence-electron chi connectivity index (χ4n) is 3.84. The third-order valence-electron chi connectivity index (χ3n) is 5.77. The number of unbranched alkanes of at least 4 members (excludes halogenated alkanes) is 13. The first-order chi connectivity index (χ1) is 14.2. The Morgan fingerprint density at radius 1 is 0.690 bits per heavy atom. The SMILES string of the molecule is CC(C)CCCCCCCCCCCCCCCCC(=O)NCc1ccccc1. The monoisotopic (exact) mass is 401 g/mol. The summed E-state index contributed by atoms with van der Waals surface area (Å²) in [6.07, 6.45) is 21.1. The standard InChI is InChI=1S/C27H47NO/c1-25(2)20-16-13-11-9-7-5-3-4-6-8-10-12-14-19-23-27(29)28-24-26-21-17-15-18-22-26/h15,17-18,21-22,25H,3-14,16,19-20,23-24H2,1-2H3,(H,28,29). The zero-order valence-corrected chi connectivity index (χ0v) is 19.4. The van der Waals surface area contributed by atoms with Crippen LogP contribution in [0.3, 0.4) is 0 Å². The van der Waals surface area contributed by atoms with Crippen LogP contribution in [0.4, 0.5) is 0 Å². The number of hydrogen-bond acceptors (Lipinski definition) is 1. The highest BCUT2D eigenvalue weighted by molar-refractivity contribution is 5.75. The van der Waals surface area contributed by atoms with Crippen molar-refractivity contribution in [1.29, 1.82) is 0 Å². The highest BCUT2D eigenvalue weighted by atomic mass is 16.1. The summed E-state index contributed by atoms with van der Waals surface area (Å²) in [5.74, 6) is 1.06. The zero-order chi connectivity index (χ0) is 21.0. The summed E-state index contributed by atoms with van der Waals surface area (Å²) < 4.78 is 0. The topological polar surface area (TPSA) is 29.1 Å². The van der Waals surface area contributed by atoms with Gasteiger partial charge in [-0.2, -0.15) is 0 Å². The fourth-order valence-corrected chi connectivity index (χ4v) is 3.84. The average Bonchev–Trinajstić information content (AvgIpc) is 2.72. The minimum atomic E-state index is 0.189. The van der Waals surface area contributed by atoms with E-state index in [1.165, 1.54) is 95.5 Å². The van der Waals surface area contributed by atoms with Gasteiger partial charge in [-0.1, -0.05) is 134 Å². The van der Waals surface area contributed by atoms with Crippen LogP contribution in [-0.4, -0.2) is 5.91 Å². The molecule has 1 aromatic carbocycles. The first-order valence-electron chi connectivity index (χ1n) is 12.5. The van der Waals surface area contributed by atoms with E-state index in [1.807, 2.05) is 18.2 Å². The summed E-state index contributed by atoms with van der Waals surface area (Å²) in [5, 5.41) is 3.01. The molecule has 0 spiro atoms. The van der Waals surface area contributed by atoms with Crippen LogP contribution < -0.4 is 5.32 Å². The number of rotatable bonds is 19. The molecule has 166 valence electrons. The maximum atomic E-state index is 11.9. The Balaban J connectivity index is 1.75. The van der Waals surface area contributed by atoms with E-state index in [1.54, 1.807) is 0 Å². The van der Waals surface area contributed by atoms with E-state index in [9.17, 15) is 4.79 Å². The van der Waals surface area contributed by atoms with Crippen molar-refractivity contribution in [2.24, 2.45) is 5.92 Å². The van der Waals surface area contributed by atoms with Crippen LogP contribution >= 0.6 is 0 Å². The van der Waals surface area contributed by atoms with Gasteiger partial charge in [-0.25, -0.2) is 0 Å². The highest BCUT2D eigenvalue weighted by Crippen LogP contribution is 2.14. The number of nitrogens with one attached hydrogen (secondary N) is 1. The summed E-state index contributed by atoms with van der Waals surface area (Å²) in [4.78, 5) is 11.9. The van der Waals surface area contributed by atoms with Crippen LogP contribution in [-0.2, 0) is 11.3 Å². The van der Waals surface area contributed by atoms with Crippen molar-refractivity contribution < 1.29 is 4.79 Å². The predicted octanol–water partition coefficient (Wildman–Crippen LogP) is 8.20. The van der Waals surface area contributed by atoms with Crippen LogP contribution in [0.2, 0.25) is 0 Å². The zero-order valence-electron chi connectivity index (χ0n) is 19.4. The molecule has 0 bridgehead atoms. The van der Waals surface area contributed by atoms with Gasteiger partial charge in [-0.05, 0) is 17.9 Å². The molecule has 0 heterocycles. The van der Waals surface area contributed by atoms with Gasteiger partial charge in [0.2, 0.25) is 5.91 Å². The van der Waals surface area contributed by atoms with Crippen molar-refractivity contribution in [1.82, 2.24) is 5.32 Å². The molecule has 2 nitrogen and oxygen atoms in total. The van der Waals surface area contributed by atoms with E-state index in [2.05, 4.69) is 31.3 Å². The van der Waals surface area contributed by atoms with E-state index in [4.69, 9.17) is 0 Å². The first-order valence-corrected chi connectivity index (χ1v) is 12.5. The quantitative estimate of drug-likeness (QED) is 0.232. The fraction of sp³-hybridized carbons (Fsp3) is 0.741. The Hall–Kier alpha value is -1.31. The van der Waals surface area contributed by atoms with E-state index in [0.717, 1.165) is 12.3 Å². The second kappa shape index (κ2) is 18.7. The van der Waals surface area contributed by atoms with Crippen molar-refractivity contribution in [2.45, 2.75) is 123 Å². The number of amides is 1. The number of benzene rings is 1. The van der Waals surface area contributed by atoms with E-state index in [-0.39, 0.29) is 5.91 Å². The van der Waals surface area contributed by atoms with E-state index in [0.29, 0.717) is 13.0 Å². The molecule has 0 radical (unpaired) electrons. The van der Waals surface area contributed by atoms with Crippen molar-refractivity contribution in [2.75, 3.05) is 0 Å². The summed E-state index contributed by atoms with van der Waals surface area (Å²) in [5.41, 5.74) is 1.17. The Morgan fingerprint density at radius 2 is 1.14 bits per heavy atom. The maximum Gasteiger partial charge on any atom is 0.220 e. The van der Waals surface area contributed by atoms with Crippen LogP contribution in [0.15, 0.2) is 30.3 Å². The summed E-state index contributed by atoms with van der Waals surface area (Å²) in [6.45, 7) is 5.30. The third kappa shape index (κ3) is 17.3. The molecule has 0 aliphatic rings. The molecule has 0 atom stereocenters. The molecule has 2 heteroatoms. The summed E-state index contributed by atoms with van der Waals surface area (Å²) >= 11 is 0. The van der Waals surface area contributed by atoms with Crippen LogP contribution in [0.25, 0.3) is 0 Å². The minimum Gasteiger partial charge on any atom is -0.352 e. The largest absolute Gasteiger partial charge is 0.352 e. The molecule has 0 unspecified atom stereocenters. The second-order valence-electron chi connectivity index (χ2n) is 9.14. The van der Waals surface area contributed by atoms with E-state index < -0.39 is 0 Å². The normalized spacial score (nSPS) is 11.1. The summed E-state index contributed by atoms with van der Waals surface area (Å²) in [6, 6.07) is 10.1. The molecule has 1 aromatic rings. The smallest absolute Gasteiger partial charge is 0.220 e. The van der Waals surface area contributed by atoms with Gasteiger partial charge < -0.3 is 5.32 Å². The van der Waals surface area contributed by atoms with Gasteiger partial charge in [-0.15, -0.1) is 0 Å². The van der Waals surface area contributed by atoms with Crippen molar-refractivity contribution in [3.05, 3.63) is 35.9 Å². The van der Waals surface area contributed by atoms with Crippen molar-refractivity contribution in [3.63, 3.8) is 0 Å². The van der Waals surface area contributed by atoms with Crippen LogP contribution in [0, 0.1) is 5.92 Å². The van der Waals surface area contributed by atoms with Crippen molar-refractivity contribution in [3.8, 4) is 0 Å². The first kappa shape index (κ1) is 25.7. The molecule has 1 rings (SSSR count). The molecule has 0 aliphatic carbocycles. The number of carbonyl (C=O) groups is 1. The van der Waals surface area contributed by atoms with Crippen LogP contribution in [0.5, 0.6) is 0 Å². The van der Waals surface area contributed by atoms with Gasteiger partial charge in [-0.3, -0.25) is 4.79 Å². The molecule has 0 saturated heterocycles. The van der Waals surface area contributed by atoms with Gasteiger partial charge in [0.15, 0.2) is 0 Å². The average molecular weight is 402 g/mol. The van der Waals surface area contributed by atoms with Gasteiger partial charge in [0.1, 0.15) is 0 Å². The van der Waals surface area contributed by atoms with Crippen molar-refractivity contribution >= 4 is 5.91 Å². The number of hydrogen-bond donors (Lipinski definition) is 1. The van der Waals surface area contributed by atoms with Crippen LogP contribution in [0.1, 0.15) is 122 Å². The lowest BCUT2D eigenvalue weighted by Gasteiger charge is -2.06. The molecule has 0 fully saturated rings. The molecular weight excluding hydrogens is 354 g/mol. The third-order valence-corrected chi connectivity index (χ3v) is 5.77. The molecule has 1 N–H and O–H groups in total. The maximum absolute atomic E-state index is 11.9. The molecule has 0 saturated carbocycles. The van der Waals surface area contributed by atoms with Gasteiger partial charge in [0.25, 0.3) is 0 Å². The second-order valence-corrected chi connectivity index (χ2v) is 9.14. The lowest BCUT2D eigenvalue weighted by atomic mass is 10.0. The highest BCUT2D eigenvalue weighted by Gasteiger charge is 2.01. The van der Waals surface area contributed by atoms with E-state index >= 15 is 0 Å². The van der Waals surface area contributed by atoms with Gasteiger partial charge >= 0.3 is 0 Å². The molecule has 0 aliphatic heterocycles. The Kier molecular flexibility index (Phi) is 16.6. The number of carbonyl (C=O) groups excluding carboxylic acids is 1. The molecule has 0 aromatic heterocycles. The van der Waals surface area contributed by atoms with Gasteiger partial charge in [0, 0.05) is 13.0 Å². The Morgan fingerprint density at radius 3 is 1.62 bits per heavy atom.